The van der Waals surface area contributed by atoms with E-state index in [0.717, 1.165) is 5.56 Å². The number of benzene rings is 2. The molecule has 0 saturated carbocycles. The molecule has 0 aliphatic rings. The Hall–Kier alpha value is -3.19. The zero-order valence-electron chi connectivity index (χ0n) is 16.2. The van der Waals surface area contributed by atoms with E-state index in [1.165, 1.54) is 0 Å². The van der Waals surface area contributed by atoms with E-state index in [0.29, 0.717) is 40.9 Å². The van der Waals surface area contributed by atoms with Gasteiger partial charge in [0.05, 0.1) is 14.2 Å². The first-order valence-corrected chi connectivity index (χ1v) is 9.38. The molecule has 29 heavy (non-hydrogen) atoms. The number of nitrogens with one attached hydrogen (secondary N) is 1. The van der Waals surface area contributed by atoms with Crippen LogP contribution < -0.4 is 19.5 Å². The highest BCUT2D eigenvalue weighted by Gasteiger charge is 2.10. The van der Waals surface area contributed by atoms with Gasteiger partial charge in [0.2, 0.25) is 0 Å². The molecule has 0 fully saturated rings. The Morgan fingerprint density at radius 3 is 2.55 bits per heavy atom. The van der Waals surface area contributed by atoms with Crippen molar-refractivity contribution < 1.29 is 19.0 Å². The summed E-state index contributed by atoms with van der Waals surface area (Å²) >= 11 is 5.85. The summed E-state index contributed by atoms with van der Waals surface area (Å²) in [4.78, 5) is 12.3. The summed E-state index contributed by atoms with van der Waals surface area (Å²) in [6, 6.07) is 14.4. The molecular weight excluding hydrogens is 394 g/mol. The number of nitrogens with zero attached hydrogens (tertiary/aromatic N) is 2. The summed E-state index contributed by atoms with van der Waals surface area (Å²) in [5, 5.41) is 7.74. The highest BCUT2D eigenvalue weighted by molar-refractivity contribution is 6.30. The van der Waals surface area contributed by atoms with Crippen LogP contribution in [0.15, 0.2) is 54.7 Å². The van der Waals surface area contributed by atoms with E-state index in [1.54, 1.807) is 55.4 Å². The Balaban J connectivity index is 1.48. The molecule has 0 atom stereocenters. The van der Waals surface area contributed by atoms with E-state index >= 15 is 0 Å². The minimum atomic E-state index is -0.240. The molecule has 7 nitrogen and oxygen atoms in total. The predicted octanol–water partition coefficient (Wildman–Crippen LogP) is 3.56. The Morgan fingerprint density at radius 1 is 1.07 bits per heavy atom. The molecule has 0 aliphatic carbocycles. The fraction of sp³-hybridized carbons (Fsp3) is 0.238. The normalized spacial score (nSPS) is 10.4. The van der Waals surface area contributed by atoms with E-state index in [9.17, 15) is 4.79 Å². The van der Waals surface area contributed by atoms with Crippen molar-refractivity contribution in [3.05, 3.63) is 71.0 Å². The molecule has 0 aliphatic heterocycles. The lowest BCUT2D eigenvalue weighted by Gasteiger charge is -2.10. The van der Waals surface area contributed by atoms with Gasteiger partial charge in [0.25, 0.3) is 5.91 Å². The smallest absolute Gasteiger partial charge is 0.271 e. The lowest BCUT2D eigenvalue weighted by atomic mass is 10.1. The molecular formula is C21H22ClN3O4. The van der Waals surface area contributed by atoms with Gasteiger partial charge in [-0.05, 0) is 54.4 Å². The first-order chi connectivity index (χ1) is 14.1. The third-order valence-electron chi connectivity index (χ3n) is 4.20. The minimum Gasteiger partial charge on any atom is -0.493 e. The van der Waals surface area contributed by atoms with Gasteiger partial charge in [0, 0.05) is 17.8 Å². The summed E-state index contributed by atoms with van der Waals surface area (Å²) in [7, 11) is 3.19. The Kier molecular flexibility index (Phi) is 6.97. The number of amides is 1. The number of hydrogen-bond acceptors (Lipinski definition) is 5. The van der Waals surface area contributed by atoms with Gasteiger partial charge < -0.3 is 19.5 Å². The molecule has 0 spiro atoms. The second-order valence-corrected chi connectivity index (χ2v) is 6.60. The first-order valence-electron chi connectivity index (χ1n) is 9.00. The summed E-state index contributed by atoms with van der Waals surface area (Å²) in [6.45, 7) is 0.670. The monoisotopic (exact) mass is 415 g/mol. The zero-order valence-corrected chi connectivity index (χ0v) is 17.0. The van der Waals surface area contributed by atoms with E-state index < -0.39 is 0 Å². The molecule has 1 heterocycles. The van der Waals surface area contributed by atoms with Crippen molar-refractivity contribution >= 4 is 17.5 Å². The maximum atomic E-state index is 12.3. The quantitative estimate of drug-likeness (QED) is 0.578. The third kappa shape index (κ3) is 5.65. The second-order valence-electron chi connectivity index (χ2n) is 6.16. The second kappa shape index (κ2) is 9.84. The van der Waals surface area contributed by atoms with Gasteiger partial charge in [-0.25, -0.2) is 4.68 Å². The van der Waals surface area contributed by atoms with E-state index in [-0.39, 0.29) is 12.6 Å². The maximum absolute atomic E-state index is 12.3. The molecule has 0 radical (unpaired) electrons. The topological polar surface area (TPSA) is 74.6 Å². The van der Waals surface area contributed by atoms with E-state index in [2.05, 4.69) is 10.4 Å². The lowest BCUT2D eigenvalue weighted by Crippen LogP contribution is -2.26. The highest BCUT2D eigenvalue weighted by atomic mass is 35.5. The molecule has 152 valence electrons. The van der Waals surface area contributed by atoms with Gasteiger partial charge in [-0.3, -0.25) is 4.79 Å². The molecule has 1 amide bonds. The number of halogens is 1. The van der Waals surface area contributed by atoms with Crippen molar-refractivity contribution in [2.75, 3.05) is 20.8 Å². The summed E-state index contributed by atoms with van der Waals surface area (Å²) in [5.41, 5.74) is 1.36. The van der Waals surface area contributed by atoms with Crippen LogP contribution in [0.4, 0.5) is 0 Å². The van der Waals surface area contributed by atoms with E-state index in [1.807, 2.05) is 18.2 Å². The third-order valence-corrected chi connectivity index (χ3v) is 4.45. The summed E-state index contributed by atoms with van der Waals surface area (Å²) < 4.78 is 17.7. The molecule has 1 N–H and O–H groups in total. The number of ether oxygens (including phenoxy) is 3. The van der Waals surface area contributed by atoms with Crippen LogP contribution >= 0.6 is 11.6 Å². The van der Waals surface area contributed by atoms with Crippen LogP contribution in [-0.4, -0.2) is 36.5 Å². The molecule has 0 unspecified atom stereocenters. The van der Waals surface area contributed by atoms with Gasteiger partial charge in [-0.2, -0.15) is 5.10 Å². The zero-order chi connectivity index (χ0) is 20.6. The van der Waals surface area contributed by atoms with Gasteiger partial charge in [-0.15, -0.1) is 0 Å². The number of aromatic nitrogens is 2. The van der Waals surface area contributed by atoms with Crippen LogP contribution in [0.3, 0.4) is 0 Å². The van der Waals surface area contributed by atoms with Crippen molar-refractivity contribution in [3.8, 4) is 17.2 Å². The minimum absolute atomic E-state index is 0.195. The highest BCUT2D eigenvalue weighted by Crippen LogP contribution is 2.27. The number of methoxy groups -OCH3 is 2. The number of carbonyl (C=O) groups excluding carboxylic acids is 1. The molecule has 3 rings (SSSR count). The molecule has 2 aromatic carbocycles. The van der Waals surface area contributed by atoms with Crippen molar-refractivity contribution in [2.45, 2.75) is 13.2 Å². The predicted molar refractivity (Wildman–Crippen MR) is 110 cm³/mol. The van der Waals surface area contributed by atoms with Gasteiger partial charge in [0.15, 0.2) is 18.2 Å². The lowest BCUT2D eigenvalue weighted by molar-refractivity contribution is 0.0947. The van der Waals surface area contributed by atoms with Gasteiger partial charge in [-0.1, -0.05) is 17.7 Å². The molecule has 0 saturated heterocycles. The van der Waals surface area contributed by atoms with Crippen LogP contribution in [0.2, 0.25) is 5.02 Å². The SMILES string of the molecule is COc1ccc(CCNC(=O)c2ccn(COc3ccc(Cl)cc3)n2)cc1OC. The van der Waals surface area contributed by atoms with Crippen molar-refractivity contribution in [2.24, 2.45) is 0 Å². The van der Waals surface area contributed by atoms with Gasteiger partial charge >= 0.3 is 0 Å². The molecule has 0 bridgehead atoms. The maximum Gasteiger partial charge on any atom is 0.271 e. The fourth-order valence-corrected chi connectivity index (χ4v) is 2.80. The van der Waals surface area contributed by atoms with Crippen molar-refractivity contribution in [3.63, 3.8) is 0 Å². The van der Waals surface area contributed by atoms with Crippen LogP contribution in [0.1, 0.15) is 16.1 Å². The van der Waals surface area contributed by atoms with Gasteiger partial charge in [0.1, 0.15) is 11.4 Å². The number of rotatable bonds is 9. The summed E-state index contributed by atoms with van der Waals surface area (Å²) in [5.74, 6) is 1.77. The molecule has 8 heteroatoms. The van der Waals surface area contributed by atoms with Crippen LogP contribution in [0.25, 0.3) is 0 Å². The molecule has 1 aromatic heterocycles. The fourth-order valence-electron chi connectivity index (χ4n) is 2.67. The number of hydrogen-bond donors (Lipinski definition) is 1. The average Bonchev–Trinajstić information content (AvgIpc) is 3.22. The average molecular weight is 416 g/mol. The molecule has 3 aromatic rings. The van der Waals surface area contributed by atoms with Crippen LogP contribution in [0.5, 0.6) is 17.2 Å². The Morgan fingerprint density at radius 2 is 1.83 bits per heavy atom. The Bertz CT molecular complexity index is 957. The largest absolute Gasteiger partial charge is 0.493 e. The van der Waals surface area contributed by atoms with E-state index in [4.69, 9.17) is 25.8 Å². The summed E-state index contributed by atoms with van der Waals surface area (Å²) in [6.07, 6.45) is 2.35. The van der Waals surface area contributed by atoms with Crippen LogP contribution in [0, 0.1) is 0 Å². The Labute approximate surface area is 174 Å². The number of carbonyl (C=O) groups is 1. The first kappa shape index (κ1) is 20.5. The standard InChI is InChI=1S/C21H22ClN3O4/c1-27-19-8-3-15(13-20(19)28-2)9-11-23-21(26)18-10-12-25(24-18)14-29-17-6-4-16(22)5-7-17/h3-8,10,12-13H,9,11,14H2,1-2H3,(H,23,26). The van der Waals surface area contributed by atoms with Crippen molar-refractivity contribution in [1.82, 2.24) is 15.1 Å². The van der Waals surface area contributed by atoms with Crippen LogP contribution in [-0.2, 0) is 13.2 Å². The van der Waals surface area contributed by atoms with Crippen molar-refractivity contribution in [1.29, 1.82) is 0 Å².